The molecule has 1 rings (SSSR count). The molecule has 0 aliphatic carbocycles. The summed E-state index contributed by atoms with van der Waals surface area (Å²) in [4.78, 5) is 0. The summed E-state index contributed by atoms with van der Waals surface area (Å²) in [6.45, 7) is 3.40. The highest BCUT2D eigenvalue weighted by Crippen LogP contribution is 2.35. The molecule has 4 heteroatoms. The molecule has 18 heavy (non-hydrogen) atoms. The van der Waals surface area contributed by atoms with Crippen molar-refractivity contribution >= 4 is 6.08 Å². The highest BCUT2D eigenvalue weighted by Gasteiger charge is 2.13. The van der Waals surface area contributed by atoms with E-state index in [4.69, 9.17) is 14.2 Å². The van der Waals surface area contributed by atoms with E-state index in [1.54, 1.807) is 59.5 Å². The first-order chi connectivity index (χ1) is 8.41. The zero-order chi connectivity index (χ0) is 13.8. The molecule has 1 N–H and O–H groups in total. The van der Waals surface area contributed by atoms with Gasteiger partial charge >= 0.3 is 0 Å². The smallest absolute Gasteiger partial charge is 0.133 e. The Morgan fingerprint density at radius 2 is 1.50 bits per heavy atom. The number of ether oxygens (including phenoxy) is 3. The van der Waals surface area contributed by atoms with Crippen LogP contribution in [0.1, 0.15) is 19.4 Å². The third kappa shape index (κ3) is 3.67. The van der Waals surface area contributed by atoms with E-state index < -0.39 is 5.60 Å². The van der Waals surface area contributed by atoms with Crippen molar-refractivity contribution in [2.45, 2.75) is 19.4 Å². The summed E-state index contributed by atoms with van der Waals surface area (Å²) in [5, 5.41) is 9.71. The fourth-order valence-electron chi connectivity index (χ4n) is 1.48. The molecule has 0 aromatic heterocycles. The van der Waals surface area contributed by atoms with Crippen LogP contribution >= 0.6 is 0 Å². The van der Waals surface area contributed by atoms with Crippen LogP contribution in [0.3, 0.4) is 0 Å². The Kier molecular flexibility index (Phi) is 4.62. The third-order valence-electron chi connectivity index (χ3n) is 2.41. The van der Waals surface area contributed by atoms with Crippen LogP contribution in [0.4, 0.5) is 0 Å². The van der Waals surface area contributed by atoms with Crippen LogP contribution < -0.4 is 14.2 Å². The van der Waals surface area contributed by atoms with E-state index in [-0.39, 0.29) is 0 Å². The molecular formula is C14H20O4. The number of benzene rings is 1. The van der Waals surface area contributed by atoms with Gasteiger partial charge in [0.2, 0.25) is 0 Å². The average molecular weight is 252 g/mol. The molecule has 100 valence electrons. The lowest BCUT2D eigenvalue weighted by molar-refractivity contribution is 0.134. The second-order valence-corrected chi connectivity index (χ2v) is 4.43. The minimum atomic E-state index is -0.893. The van der Waals surface area contributed by atoms with Gasteiger partial charge in [0, 0.05) is 12.1 Å². The van der Waals surface area contributed by atoms with Gasteiger partial charge in [0.1, 0.15) is 17.2 Å². The molecule has 0 fully saturated rings. The molecule has 0 saturated heterocycles. The number of aliphatic hydroxyl groups is 1. The van der Waals surface area contributed by atoms with Crippen molar-refractivity contribution in [2.75, 3.05) is 21.3 Å². The summed E-state index contributed by atoms with van der Waals surface area (Å²) >= 11 is 0. The Bertz CT molecular complexity index is 405. The molecule has 0 spiro atoms. The zero-order valence-electron chi connectivity index (χ0n) is 11.5. The minimum Gasteiger partial charge on any atom is -0.496 e. The summed E-state index contributed by atoms with van der Waals surface area (Å²) in [5.74, 6) is 1.92. The van der Waals surface area contributed by atoms with Crippen LogP contribution in [0, 0.1) is 0 Å². The van der Waals surface area contributed by atoms with E-state index in [1.165, 1.54) is 0 Å². The number of methoxy groups -OCH3 is 3. The quantitative estimate of drug-likeness (QED) is 0.874. The van der Waals surface area contributed by atoms with Crippen molar-refractivity contribution in [3.05, 3.63) is 23.8 Å². The number of hydrogen-bond donors (Lipinski definition) is 1. The van der Waals surface area contributed by atoms with Crippen LogP contribution in [0.25, 0.3) is 6.08 Å². The Labute approximate surface area is 108 Å². The van der Waals surface area contributed by atoms with Crippen molar-refractivity contribution in [1.82, 2.24) is 0 Å². The van der Waals surface area contributed by atoms with Crippen molar-refractivity contribution in [1.29, 1.82) is 0 Å². The van der Waals surface area contributed by atoms with E-state index in [0.29, 0.717) is 17.2 Å². The van der Waals surface area contributed by atoms with Gasteiger partial charge in [0.25, 0.3) is 0 Å². The van der Waals surface area contributed by atoms with Crippen molar-refractivity contribution in [3.8, 4) is 17.2 Å². The third-order valence-corrected chi connectivity index (χ3v) is 2.41. The molecule has 4 nitrogen and oxygen atoms in total. The van der Waals surface area contributed by atoms with Crippen LogP contribution in [-0.4, -0.2) is 32.0 Å². The Hall–Kier alpha value is -1.68. The maximum absolute atomic E-state index is 9.71. The van der Waals surface area contributed by atoms with Gasteiger partial charge in [-0.15, -0.1) is 0 Å². The summed E-state index contributed by atoms with van der Waals surface area (Å²) in [5.41, 5.74) is -0.126. The highest BCUT2D eigenvalue weighted by atomic mass is 16.5. The maximum atomic E-state index is 9.71. The van der Waals surface area contributed by atoms with E-state index in [1.807, 2.05) is 0 Å². The molecule has 1 aromatic carbocycles. The van der Waals surface area contributed by atoms with Crippen molar-refractivity contribution in [3.63, 3.8) is 0 Å². The lowest BCUT2D eigenvalue weighted by atomic mass is 10.1. The van der Waals surface area contributed by atoms with Crippen LogP contribution in [-0.2, 0) is 0 Å². The molecule has 0 radical (unpaired) electrons. The molecular weight excluding hydrogens is 232 g/mol. The normalized spacial score (nSPS) is 11.7. The van der Waals surface area contributed by atoms with Crippen LogP contribution in [0.2, 0.25) is 0 Å². The minimum absolute atomic E-state index is 0.631. The summed E-state index contributed by atoms with van der Waals surface area (Å²) in [7, 11) is 4.74. The van der Waals surface area contributed by atoms with Gasteiger partial charge in [0.15, 0.2) is 0 Å². The van der Waals surface area contributed by atoms with Gasteiger partial charge in [0.05, 0.1) is 32.5 Å². The lowest BCUT2D eigenvalue weighted by Crippen LogP contribution is -2.13. The average Bonchev–Trinajstić information content (AvgIpc) is 2.34. The Morgan fingerprint density at radius 1 is 1.00 bits per heavy atom. The second kappa shape index (κ2) is 5.78. The standard InChI is InChI=1S/C14H20O4/c1-14(2,15)7-6-11-12(17-4)8-10(16-3)9-13(11)18-5/h6-9,15H,1-5H3. The molecule has 0 aliphatic heterocycles. The molecule has 0 heterocycles. The van der Waals surface area contributed by atoms with Crippen LogP contribution in [0.15, 0.2) is 18.2 Å². The van der Waals surface area contributed by atoms with E-state index in [9.17, 15) is 5.11 Å². The fraction of sp³-hybridized carbons (Fsp3) is 0.429. The summed E-state index contributed by atoms with van der Waals surface area (Å²) in [6, 6.07) is 3.54. The molecule has 0 saturated carbocycles. The predicted molar refractivity (Wildman–Crippen MR) is 71.4 cm³/mol. The largest absolute Gasteiger partial charge is 0.496 e. The monoisotopic (exact) mass is 252 g/mol. The lowest BCUT2D eigenvalue weighted by Gasteiger charge is -2.14. The van der Waals surface area contributed by atoms with Crippen molar-refractivity contribution < 1.29 is 19.3 Å². The van der Waals surface area contributed by atoms with Gasteiger partial charge in [-0.2, -0.15) is 0 Å². The van der Waals surface area contributed by atoms with E-state index >= 15 is 0 Å². The first-order valence-electron chi connectivity index (χ1n) is 5.63. The van der Waals surface area contributed by atoms with Crippen LogP contribution in [0.5, 0.6) is 17.2 Å². The number of rotatable bonds is 5. The first-order valence-corrected chi connectivity index (χ1v) is 5.63. The van der Waals surface area contributed by atoms with Gasteiger partial charge in [-0.1, -0.05) is 6.08 Å². The van der Waals surface area contributed by atoms with Crippen molar-refractivity contribution in [2.24, 2.45) is 0 Å². The Balaban J connectivity index is 3.27. The van der Waals surface area contributed by atoms with E-state index in [0.717, 1.165) is 5.56 Å². The summed E-state index contributed by atoms with van der Waals surface area (Å²) < 4.78 is 15.8. The first kappa shape index (κ1) is 14.4. The fourth-order valence-corrected chi connectivity index (χ4v) is 1.48. The molecule has 0 atom stereocenters. The molecule has 0 unspecified atom stereocenters. The molecule has 0 amide bonds. The maximum Gasteiger partial charge on any atom is 0.133 e. The van der Waals surface area contributed by atoms with Gasteiger partial charge < -0.3 is 19.3 Å². The van der Waals surface area contributed by atoms with E-state index in [2.05, 4.69) is 0 Å². The topological polar surface area (TPSA) is 47.9 Å². The predicted octanol–water partition coefficient (Wildman–Crippen LogP) is 2.50. The SMILES string of the molecule is COc1cc(OC)c(C=CC(C)(C)O)c(OC)c1. The summed E-state index contributed by atoms with van der Waals surface area (Å²) in [6.07, 6.45) is 3.46. The van der Waals surface area contributed by atoms with Gasteiger partial charge in [-0.3, -0.25) is 0 Å². The highest BCUT2D eigenvalue weighted by molar-refractivity contribution is 5.67. The zero-order valence-corrected chi connectivity index (χ0v) is 11.5. The van der Waals surface area contributed by atoms with Gasteiger partial charge in [-0.25, -0.2) is 0 Å². The van der Waals surface area contributed by atoms with Gasteiger partial charge in [-0.05, 0) is 19.9 Å². The molecule has 1 aromatic rings. The Morgan fingerprint density at radius 3 is 1.83 bits per heavy atom. The number of hydrogen-bond acceptors (Lipinski definition) is 4. The second-order valence-electron chi connectivity index (χ2n) is 4.43. The molecule has 0 bridgehead atoms. The molecule has 0 aliphatic rings.